The third-order valence-corrected chi connectivity index (χ3v) is 3.04. The van der Waals surface area contributed by atoms with E-state index >= 15 is 0 Å². The summed E-state index contributed by atoms with van der Waals surface area (Å²) in [5.74, 6) is 0. The smallest absolute Gasteiger partial charge is 0.106 e. The summed E-state index contributed by atoms with van der Waals surface area (Å²) in [7, 11) is 0. The fourth-order valence-corrected chi connectivity index (χ4v) is 2.08. The zero-order valence-corrected chi connectivity index (χ0v) is 10.3. The Morgan fingerprint density at radius 3 is 2.74 bits per heavy atom. The molecule has 2 aromatic heterocycles. The maximum Gasteiger partial charge on any atom is 0.106 e. The van der Waals surface area contributed by atoms with Gasteiger partial charge >= 0.3 is 0 Å². The summed E-state index contributed by atoms with van der Waals surface area (Å²) in [6.45, 7) is 2.02. The Hall–Kier alpha value is -2.80. The number of rotatable bonds is 1. The highest BCUT2D eigenvalue weighted by atomic mass is 14.8. The Labute approximate surface area is 110 Å². The molecule has 1 aromatic carbocycles. The molecule has 4 nitrogen and oxygen atoms in total. The van der Waals surface area contributed by atoms with Crippen LogP contribution in [0.4, 0.5) is 0 Å². The third kappa shape index (κ3) is 1.91. The van der Waals surface area contributed by atoms with Gasteiger partial charge < -0.3 is 0 Å². The van der Waals surface area contributed by atoms with E-state index in [4.69, 9.17) is 0 Å². The number of benzene rings is 1. The van der Waals surface area contributed by atoms with E-state index in [2.05, 4.69) is 21.0 Å². The minimum absolute atomic E-state index is 0.531. The Morgan fingerprint density at radius 2 is 1.95 bits per heavy atom. The van der Waals surface area contributed by atoms with Crippen molar-refractivity contribution in [1.82, 2.24) is 15.0 Å². The first-order valence-corrected chi connectivity index (χ1v) is 5.85. The van der Waals surface area contributed by atoms with Crippen molar-refractivity contribution < 1.29 is 0 Å². The van der Waals surface area contributed by atoms with Gasteiger partial charge in [0.2, 0.25) is 0 Å². The lowest BCUT2D eigenvalue weighted by Crippen LogP contribution is -1.91. The first-order chi connectivity index (χ1) is 9.29. The molecule has 0 spiro atoms. The third-order valence-electron chi connectivity index (χ3n) is 3.04. The molecule has 0 saturated carbocycles. The van der Waals surface area contributed by atoms with Crippen LogP contribution in [0, 0.1) is 18.3 Å². The standard InChI is InChI=1S/C15H10N4/c1-10-2-3-17-9-13(10)11-6-12(8-16)15-14(7-11)18-4-5-19-15/h2-7,9H,1H3. The lowest BCUT2D eigenvalue weighted by molar-refractivity contribution is 1.27. The minimum atomic E-state index is 0.531. The Kier molecular flexibility index (Phi) is 2.66. The van der Waals surface area contributed by atoms with Crippen molar-refractivity contribution in [3.63, 3.8) is 0 Å². The van der Waals surface area contributed by atoms with Crippen LogP contribution in [0.5, 0.6) is 0 Å². The van der Waals surface area contributed by atoms with Gasteiger partial charge in [0.1, 0.15) is 11.6 Å². The average Bonchev–Trinajstić information content (AvgIpc) is 2.46. The molecular weight excluding hydrogens is 236 g/mol. The van der Waals surface area contributed by atoms with Crippen LogP contribution in [-0.4, -0.2) is 15.0 Å². The molecule has 2 heterocycles. The quantitative estimate of drug-likeness (QED) is 0.662. The molecule has 0 atom stereocenters. The summed E-state index contributed by atoms with van der Waals surface area (Å²) in [6, 6.07) is 7.90. The average molecular weight is 246 g/mol. The van der Waals surface area contributed by atoms with Crippen LogP contribution in [0.25, 0.3) is 22.2 Å². The van der Waals surface area contributed by atoms with E-state index < -0.39 is 0 Å². The zero-order chi connectivity index (χ0) is 13.2. The highest BCUT2D eigenvalue weighted by molar-refractivity contribution is 5.86. The van der Waals surface area contributed by atoms with Crippen molar-refractivity contribution in [1.29, 1.82) is 5.26 Å². The van der Waals surface area contributed by atoms with Crippen LogP contribution in [0.2, 0.25) is 0 Å². The molecule has 0 fully saturated rings. The van der Waals surface area contributed by atoms with E-state index in [1.807, 2.05) is 25.1 Å². The summed E-state index contributed by atoms with van der Waals surface area (Å²) >= 11 is 0. The second-order valence-corrected chi connectivity index (χ2v) is 4.25. The van der Waals surface area contributed by atoms with E-state index in [9.17, 15) is 5.26 Å². The van der Waals surface area contributed by atoms with Crippen LogP contribution < -0.4 is 0 Å². The number of nitrogens with zero attached hydrogens (tertiary/aromatic N) is 4. The number of aryl methyl sites for hydroxylation is 1. The summed E-state index contributed by atoms with van der Waals surface area (Å²) in [4.78, 5) is 12.6. The molecule has 0 saturated heterocycles. The summed E-state index contributed by atoms with van der Waals surface area (Å²) in [5, 5.41) is 9.24. The fraction of sp³-hybridized carbons (Fsp3) is 0.0667. The molecule has 90 valence electrons. The van der Waals surface area contributed by atoms with Crippen molar-refractivity contribution >= 4 is 11.0 Å². The molecule has 3 rings (SSSR count). The van der Waals surface area contributed by atoms with Crippen LogP contribution >= 0.6 is 0 Å². The largest absolute Gasteiger partial charge is 0.264 e. The molecule has 0 aliphatic heterocycles. The molecule has 0 N–H and O–H groups in total. The SMILES string of the molecule is Cc1ccncc1-c1cc(C#N)c2nccnc2c1. The molecule has 19 heavy (non-hydrogen) atoms. The highest BCUT2D eigenvalue weighted by Gasteiger charge is 2.09. The maximum absolute atomic E-state index is 9.24. The van der Waals surface area contributed by atoms with Crippen molar-refractivity contribution in [3.05, 3.63) is 54.1 Å². The van der Waals surface area contributed by atoms with Gasteiger partial charge in [0.15, 0.2) is 0 Å². The van der Waals surface area contributed by atoms with Gasteiger partial charge in [-0.25, -0.2) is 0 Å². The van der Waals surface area contributed by atoms with Crippen molar-refractivity contribution in [3.8, 4) is 17.2 Å². The highest BCUT2D eigenvalue weighted by Crippen LogP contribution is 2.27. The monoisotopic (exact) mass is 246 g/mol. The van der Waals surface area contributed by atoms with Crippen LogP contribution in [0.1, 0.15) is 11.1 Å². The van der Waals surface area contributed by atoms with Crippen LogP contribution in [-0.2, 0) is 0 Å². The van der Waals surface area contributed by atoms with Gasteiger partial charge in [-0.15, -0.1) is 0 Å². The lowest BCUT2D eigenvalue weighted by atomic mass is 10.00. The summed E-state index contributed by atoms with van der Waals surface area (Å²) in [6.07, 6.45) is 6.78. The van der Waals surface area contributed by atoms with Gasteiger partial charge in [-0.2, -0.15) is 5.26 Å². The van der Waals surface area contributed by atoms with Crippen LogP contribution in [0.15, 0.2) is 43.0 Å². The van der Waals surface area contributed by atoms with E-state index in [1.54, 1.807) is 24.8 Å². The lowest BCUT2D eigenvalue weighted by Gasteiger charge is -2.07. The second-order valence-electron chi connectivity index (χ2n) is 4.25. The van der Waals surface area contributed by atoms with Crippen molar-refractivity contribution in [2.75, 3.05) is 0 Å². The maximum atomic E-state index is 9.24. The Morgan fingerprint density at radius 1 is 1.11 bits per heavy atom. The normalized spacial score (nSPS) is 10.3. The number of aromatic nitrogens is 3. The van der Waals surface area contributed by atoms with Crippen molar-refractivity contribution in [2.24, 2.45) is 0 Å². The fourth-order valence-electron chi connectivity index (χ4n) is 2.08. The molecule has 3 aromatic rings. The molecule has 0 radical (unpaired) electrons. The van der Waals surface area contributed by atoms with Gasteiger partial charge in [-0.05, 0) is 36.2 Å². The predicted octanol–water partition coefficient (Wildman–Crippen LogP) is 2.87. The molecule has 0 aliphatic carbocycles. The van der Waals surface area contributed by atoms with Gasteiger partial charge in [0.25, 0.3) is 0 Å². The molecule has 4 heteroatoms. The number of pyridine rings is 1. The van der Waals surface area contributed by atoms with Crippen LogP contribution in [0.3, 0.4) is 0 Å². The van der Waals surface area contributed by atoms with E-state index in [-0.39, 0.29) is 0 Å². The van der Waals surface area contributed by atoms with Gasteiger partial charge in [0.05, 0.1) is 11.1 Å². The molecule has 0 aliphatic rings. The predicted molar refractivity (Wildman–Crippen MR) is 72.2 cm³/mol. The molecular formula is C15H10N4. The van der Waals surface area contributed by atoms with E-state index in [0.717, 1.165) is 22.2 Å². The molecule has 0 amide bonds. The van der Waals surface area contributed by atoms with Gasteiger partial charge in [0, 0.05) is 30.4 Å². The van der Waals surface area contributed by atoms with Gasteiger partial charge in [-0.1, -0.05) is 0 Å². The molecule has 0 bridgehead atoms. The van der Waals surface area contributed by atoms with Crippen molar-refractivity contribution in [2.45, 2.75) is 6.92 Å². The number of fused-ring (bicyclic) bond motifs is 1. The number of hydrogen-bond donors (Lipinski definition) is 0. The number of nitriles is 1. The van der Waals surface area contributed by atoms with E-state index in [0.29, 0.717) is 11.1 Å². The number of hydrogen-bond acceptors (Lipinski definition) is 4. The molecule has 0 unspecified atom stereocenters. The second kappa shape index (κ2) is 4.46. The van der Waals surface area contributed by atoms with Gasteiger partial charge in [-0.3, -0.25) is 15.0 Å². The Bertz CT molecular complexity index is 803. The summed E-state index contributed by atoms with van der Waals surface area (Å²) in [5.41, 5.74) is 4.95. The zero-order valence-electron chi connectivity index (χ0n) is 10.3. The van der Waals surface area contributed by atoms with E-state index in [1.165, 1.54) is 0 Å². The first-order valence-electron chi connectivity index (χ1n) is 5.85. The first kappa shape index (κ1) is 11.3. The topological polar surface area (TPSA) is 62.5 Å². The Balaban J connectivity index is 2.33. The minimum Gasteiger partial charge on any atom is -0.264 e. The summed E-state index contributed by atoms with van der Waals surface area (Å²) < 4.78 is 0.